The Balaban J connectivity index is 1.84. The van der Waals surface area contributed by atoms with Gasteiger partial charge in [-0.15, -0.1) is 0 Å². The van der Waals surface area contributed by atoms with Crippen molar-refractivity contribution < 1.29 is 4.79 Å². The lowest BCUT2D eigenvalue weighted by Gasteiger charge is -2.26. The topological polar surface area (TPSA) is 56.7 Å². The quantitative estimate of drug-likeness (QED) is 0.622. The summed E-state index contributed by atoms with van der Waals surface area (Å²) in [6.45, 7) is 7.76. The first-order valence-corrected chi connectivity index (χ1v) is 9.05. The van der Waals surface area contributed by atoms with E-state index in [0.717, 1.165) is 39.0 Å². The van der Waals surface area contributed by atoms with Gasteiger partial charge in [0.2, 0.25) is 5.91 Å². The predicted molar refractivity (Wildman–Crippen MR) is 99.3 cm³/mol. The standard InChI is InChI=1S/C19H30N4O/c1-3-20-19(21-14-16(2)17-10-6-4-7-11-17)22-15-18(24)23-12-8-5-9-13-23/h4,6-7,10-11,16H,3,5,8-9,12-15H2,1-2H3,(H2,20,21,22). The van der Waals surface area contributed by atoms with Crippen molar-refractivity contribution in [1.82, 2.24) is 15.5 Å². The lowest BCUT2D eigenvalue weighted by atomic mass is 10.0. The number of benzene rings is 1. The number of amides is 1. The Morgan fingerprint density at radius 2 is 1.88 bits per heavy atom. The summed E-state index contributed by atoms with van der Waals surface area (Å²) in [4.78, 5) is 18.6. The first kappa shape index (κ1) is 18.3. The molecule has 5 nitrogen and oxygen atoms in total. The minimum Gasteiger partial charge on any atom is -0.357 e. The number of piperidine rings is 1. The highest BCUT2D eigenvalue weighted by Gasteiger charge is 2.16. The molecule has 1 aromatic rings. The summed E-state index contributed by atoms with van der Waals surface area (Å²) in [6.07, 6.45) is 3.46. The number of hydrogen-bond donors (Lipinski definition) is 2. The van der Waals surface area contributed by atoms with Gasteiger partial charge in [-0.3, -0.25) is 4.79 Å². The molecule has 1 aliphatic heterocycles. The second kappa shape index (κ2) is 9.96. The maximum absolute atomic E-state index is 12.2. The van der Waals surface area contributed by atoms with Crippen LogP contribution in [0.2, 0.25) is 0 Å². The zero-order valence-electron chi connectivity index (χ0n) is 14.9. The first-order valence-electron chi connectivity index (χ1n) is 9.05. The van der Waals surface area contributed by atoms with E-state index in [9.17, 15) is 4.79 Å². The SMILES string of the molecule is CCNC(=NCC(=O)N1CCCCC1)NCC(C)c1ccccc1. The van der Waals surface area contributed by atoms with Crippen LogP contribution in [0.5, 0.6) is 0 Å². The van der Waals surface area contributed by atoms with Crippen LogP contribution < -0.4 is 10.6 Å². The highest BCUT2D eigenvalue weighted by atomic mass is 16.2. The molecule has 1 saturated heterocycles. The fourth-order valence-electron chi connectivity index (χ4n) is 2.88. The summed E-state index contributed by atoms with van der Waals surface area (Å²) >= 11 is 0. The van der Waals surface area contributed by atoms with E-state index in [-0.39, 0.29) is 12.5 Å². The number of hydrogen-bond acceptors (Lipinski definition) is 2. The van der Waals surface area contributed by atoms with E-state index in [1.807, 2.05) is 17.9 Å². The fourth-order valence-corrected chi connectivity index (χ4v) is 2.88. The van der Waals surface area contributed by atoms with Gasteiger partial charge in [0.15, 0.2) is 5.96 Å². The highest BCUT2D eigenvalue weighted by molar-refractivity contribution is 5.85. The van der Waals surface area contributed by atoms with Gasteiger partial charge in [0, 0.05) is 26.2 Å². The minimum atomic E-state index is 0.128. The summed E-state index contributed by atoms with van der Waals surface area (Å²) in [7, 11) is 0. The summed E-state index contributed by atoms with van der Waals surface area (Å²) in [5.41, 5.74) is 1.30. The van der Waals surface area contributed by atoms with Crippen LogP contribution in [0.25, 0.3) is 0 Å². The van der Waals surface area contributed by atoms with Crippen LogP contribution in [-0.2, 0) is 4.79 Å². The molecule has 1 amide bonds. The van der Waals surface area contributed by atoms with Gasteiger partial charge in [0.05, 0.1) is 0 Å². The molecule has 1 unspecified atom stereocenters. The lowest BCUT2D eigenvalue weighted by Crippen LogP contribution is -2.41. The fraction of sp³-hybridized carbons (Fsp3) is 0.579. The summed E-state index contributed by atoms with van der Waals surface area (Å²) < 4.78 is 0. The number of nitrogens with zero attached hydrogens (tertiary/aromatic N) is 2. The minimum absolute atomic E-state index is 0.128. The molecule has 0 bridgehead atoms. The second-order valence-corrected chi connectivity index (χ2v) is 6.33. The maximum Gasteiger partial charge on any atom is 0.244 e. The number of carbonyl (C=O) groups excluding carboxylic acids is 1. The third kappa shape index (κ3) is 5.87. The van der Waals surface area contributed by atoms with E-state index >= 15 is 0 Å². The Morgan fingerprint density at radius 1 is 1.17 bits per heavy atom. The molecule has 1 heterocycles. The Labute approximate surface area is 145 Å². The van der Waals surface area contributed by atoms with Crippen molar-refractivity contribution in [2.45, 2.75) is 39.0 Å². The maximum atomic E-state index is 12.2. The summed E-state index contributed by atoms with van der Waals surface area (Å²) in [5, 5.41) is 6.56. The van der Waals surface area contributed by atoms with Gasteiger partial charge in [-0.1, -0.05) is 37.3 Å². The molecule has 2 rings (SSSR count). The van der Waals surface area contributed by atoms with Crippen LogP contribution in [0.15, 0.2) is 35.3 Å². The average Bonchev–Trinajstić information content (AvgIpc) is 2.65. The molecule has 5 heteroatoms. The van der Waals surface area contributed by atoms with Crippen molar-refractivity contribution in [3.8, 4) is 0 Å². The molecule has 1 aromatic carbocycles. The van der Waals surface area contributed by atoms with Crippen LogP contribution in [0, 0.1) is 0 Å². The Morgan fingerprint density at radius 3 is 2.54 bits per heavy atom. The van der Waals surface area contributed by atoms with Crippen molar-refractivity contribution in [1.29, 1.82) is 0 Å². The van der Waals surface area contributed by atoms with E-state index in [0.29, 0.717) is 11.9 Å². The van der Waals surface area contributed by atoms with E-state index in [1.54, 1.807) is 0 Å². The van der Waals surface area contributed by atoms with Gasteiger partial charge in [0.25, 0.3) is 0 Å². The van der Waals surface area contributed by atoms with Crippen molar-refractivity contribution in [3.05, 3.63) is 35.9 Å². The number of carbonyl (C=O) groups is 1. The van der Waals surface area contributed by atoms with Gasteiger partial charge in [-0.2, -0.15) is 0 Å². The highest BCUT2D eigenvalue weighted by Crippen LogP contribution is 2.13. The normalized spacial score (nSPS) is 16.6. The second-order valence-electron chi connectivity index (χ2n) is 6.33. The summed E-state index contributed by atoms with van der Waals surface area (Å²) in [6, 6.07) is 10.4. The largest absolute Gasteiger partial charge is 0.357 e. The molecule has 0 saturated carbocycles. The first-order chi connectivity index (χ1) is 11.7. The molecular formula is C19H30N4O. The van der Waals surface area contributed by atoms with E-state index in [4.69, 9.17) is 0 Å². The molecule has 0 spiro atoms. The van der Waals surface area contributed by atoms with E-state index < -0.39 is 0 Å². The number of nitrogens with one attached hydrogen (secondary N) is 2. The van der Waals surface area contributed by atoms with Crippen LogP contribution in [0.3, 0.4) is 0 Å². The van der Waals surface area contributed by atoms with Crippen molar-refractivity contribution in [2.75, 3.05) is 32.7 Å². The number of rotatable bonds is 6. The molecule has 2 N–H and O–H groups in total. The Kier molecular flexibility index (Phi) is 7.59. The Bertz CT molecular complexity index is 523. The molecule has 1 atom stereocenters. The van der Waals surface area contributed by atoms with E-state index in [1.165, 1.54) is 12.0 Å². The van der Waals surface area contributed by atoms with Crippen LogP contribution in [0.1, 0.15) is 44.6 Å². The van der Waals surface area contributed by atoms with Gasteiger partial charge < -0.3 is 15.5 Å². The monoisotopic (exact) mass is 330 g/mol. The molecule has 24 heavy (non-hydrogen) atoms. The Hall–Kier alpha value is -2.04. The lowest BCUT2D eigenvalue weighted by molar-refractivity contribution is -0.130. The molecule has 132 valence electrons. The molecular weight excluding hydrogens is 300 g/mol. The van der Waals surface area contributed by atoms with E-state index in [2.05, 4.69) is 46.8 Å². The smallest absolute Gasteiger partial charge is 0.244 e. The predicted octanol–water partition coefficient (Wildman–Crippen LogP) is 2.36. The molecule has 0 aromatic heterocycles. The molecule has 0 radical (unpaired) electrons. The zero-order chi connectivity index (χ0) is 17.2. The van der Waals surface area contributed by atoms with Crippen molar-refractivity contribution in [3.63, 3.8) is 0 Å². The average molecular weight is 330 g/mol. The van der Waals surface area contributed by atoms with Crippen molar-refractivity contribution >= 4 is 11.9 Å². The van der Waals surface area contributed by atoms with Gasteiger partial charge in [-0.25, -0.2) is 4.99 Å². The molecule has 1 fully saturated rings. The zero-order valence-corrected chi connectivity index (χ0v) is 14.9. The molecule has 1 aliphatic rings. The summed E-state index contributed by atoms with van der Waals surface area (Å²) in [5.74, 6) is 1.22. The third-order valence-corrected chi connectivity index (χ3v) is 4.37. The van der Waals surface area contributed by atoms with Gasteiger partial charge >= 0.3 is 0 Å². The van der Waals surface area contributed by atoms with Crippen LogP contribution >= 0.6 is 0 Å². The number of aliphatic imine (C=N–C) groups is 1. The van der Waals surface area contributed by atoms with Crippen LogP contribution in [0.4, 0.5) is 0 Å². The number of likely N-dealkylation sites (tertiary alicyclic amines) is 1. The van der Waals surface area contributed by atoms with Gasteiger partial charge in [-0.05, 0) is 37.7 Å². The van der Waals surface area contributed by atoms with Crippen molar-refractivity contribution in [2.24, 2.45) is 4.99 Å². The molecule has 0 aliphatic carbocycles. The van der Waals surface area contributed by atoms with Gasteiger partial charge in [0.1, 0.15) is 6.54 Å². The third-order valence-electron chi connectivity index (χ3n) is 4.37. The van der Waals surface area contributed by atoms with Crippen LogP contribution in [-0.4, -0.2) is 49.5 Å². The number of guanidine groups is 1.